The second kappa shape index (κ2) is 8.19. The number of ether oxygens (including phenoxy) is 1. The summed E-state index contributed by atoms with van der Waals surface area (Å²) >= 11 is 6.11. The number of amides is 1. The second-order valence-electron chi connectivity index (χ2n) is 6.84. The molecule has 1 aliphatic rings. The molecule has 0 radical (unpaired) electrons. The van der Waals surface area contributed by atoms with Crippen LogP contribution in [0.2, 0.25) is 5.02 Å². The van der Waals surface area contributed by atoms with Crippen molar-refractivity contribution in [1.29, 1.82) is 0 Å². The Balaban J connectivity index is 1.93. The van der Waals surface area contributed by atoms with Gasteiger partial charge >= 0.3 is 0 Å². The lowest BCUT2D eigenvalue weighted by Gasteiger charge is -2.29. The van der Waals surface area contributed by atoms with Gasteiger partial charge in [-0.15, -0.1) is 0 Å². The van der Waals surface area contributed by atoms with Gasteiger partial charge in [0.1, 0.15) is 6.61 Å². The maximum atomic E-state index is 12.6. The van der Waals surface area contributed by atoms with Crippen molar-refractivity contribution in [3.05, 3.63) is 47.0 Å². The van der Waals surface area contributed by atoms with E-state index in [0.29, 0.717) is 37.0 Å². The smallest absolute Gasteiger partial charge is 0.239 e. The van der Waals surface area contributed by atoms with Crippen LogP contribution in [0, 0.1) is 0 Å². The van der Waals surface area contributed by atoms with Gasteiger partial charge in [-0.1, -0.05) is 23.7 Å². The highest BCUT2D eigenvalue weighted by Gasteiger charge is 2.27. The van der Waals surface area contributed by atoms with Crippen LogP contribution in [0.5, 0.6) is 11.5 Å². The Morgan fingerprint density at radius 1 is 1.33 bits per heavy atom. The molecule has 1 atom stereocenters. The van der Waals surface area contributed by atoms with Crippen LogP contribution < -0.4 is 4.74 Å². The van der Waals surface area contributed by atoms with Crippen LogP contribution in [0.1, 0.15) is 19.4 Å². The van der Waals surface area contributed by atoms with Crippen molar-refractivity contribution >= 4 is 17.5 Å². The molecular formula is C21H25ClN2O3. The summed E-state index contributed by atoms with van der Waals surface area (Å²) in [4.78, 5) is 16.4. The molecule has 1 unspecified atom stereocenters. The molecule has 1 N–H and O–H groups in total. The van der Waals surface area contributed by atoms with E-state index >= 15 is 0 Å². The number of hydrogen-bond donors (Lipinski definition) is 1. The fourth-order valence-corrected chi connectivity index (χ4v) is 3.51. The number of phenols is 1. The van der Waals surface area contributed by atoms with E-state index in [4.69, 9.17) is 16.3 Å². The number of phenolic OH excluding ortho intramolecular Hbond substituents is 1. The molecule has 3 rings (SSSR count). The third kappa shape index (κ3) is 4.20. The summed E-state index contributed by atoms with van der Waals surface area (Å²) in [7, 11) is 1.81. The highest BCUT2D eigenvalue weighted by Crippen LogP contribution is 2.38. The largest absolute Gasteiger partial charge is 0.504 e. The molecule has 0 aromatic heterocycles. The average molecular weight is 389 g/mol. The molecule has 1 heterocycles. The molecule has 0 fully saturated rings. The lowest BCUT2D eigenvalue weighted by molar-refractivity contribution is -0.135. The molecule has 0 saturated heterocycles. The van der Waals surface area contributed by atoms with Crippen molar-refractivity contribution in [2.24, 2.45) is 0 Å². The second-order valence-corrected chi connectivity index (χ2v) is 7.28. The van der Waals surface area contributed by atoms with Gasteiger partial charge in [0.2, 0.25) is 5.91 Å². The molecule has 5 nitrogen and oxygen atoms in total. The number of hydrogen-bond acceptors (Lipinski definition) is 4. The molecule has 0 saturated carbocycles. The minimum absolute atomic E-state index is 0.0798. The molecule has 6 heteroatoms. The van der Waals surface area contributed by atoms with Crippen molar-refractivity contribution in [3.8, 4) is 22.6 Å². The minimum Gasteiger partial charge on any atom is -0.504 e. The van der Waals surface area contributed by atoms with E-state index in [2.05, 4.69) is 4.90 Å². The number of fused-ring (bicyclic) bond motifs is 1. The first kappa shape index (κ1) is 19.5. The molecule has 0 spiro atoms. The van der Waals surface area contributed by atoms with Crippen LogP contribution in [-0.4, -0.2) is 53.6 Å². The minimum atomic E-state index is -0.263. The fraction of sp³-hybridized carbons (Fsp3) is 0.381. The summed E-state index contributed by atoms with van der Waals surface area (Å²) in [6.07, 6.45) is 0. The van der Waals surface area contributed by atoms with E-state index in [1.54, 1.807) is 11.0 Å². The van der Waals surface area contributed by atoms with Gasteiger partial charge in [0.05, 0.1) is 6.04 Å². The number of likely N-dealkylation sites (N-methyl/N-ethyl adjacent to an activating group) is 1. The van der Waals surface area contributed by atoms with E-state index in [-0.39, 0.29) is 17.7 Å². The Hall–Kier alpha value is -2.24. The highest BCUT2D eigenvalue weighted by atomic mass is 35.5. The Labute approximate surface area is 165 Å². The summed E-state index contributed by atoms with van der Waals surface area (Å²) in [5.74, 6) is 0.678. The molecule has 0 aliphatic carbocycles. The quantitative estimate of drug-likeness (QED) is 0.866. The Morgan fingerprint density at radius 3 is 2.81 bits per heavy atom. The van der Waals surface area contributed by atoms with Crippen molar-refractivity contribution in [2.45, 2.75) is 26.4 Å². The number of halogens is 1. The number of carbonyl (C=O) groups excluding carboxylic acids is 1. The van der Waals surface area contributed by atoms with E-state index in [1.807, 2.05) is 51.2 Å². The van der Waals surface area contributed by atoms with Gasteiger partial charge < -0.3 is 14.7 Å². The molecule has 2 aromatic rings. The zero-order chi connectivity index (χ0) is 19.6. The number of benzene rings is 2. The van der Waals surface area contributed by atoms with Gasteiger partial charge in [-0.25, -0.2) is 0 Å². The predicted octanol–water partition coefficient (Wildman–Crippen LogP) is 3.77. The first-order valence-corrected chi connectivity index (χ1v) is 9.52. The Morgan fingerprint density at radius 2 is 2.11 bits per heavy atom. The van der Waals surface area contributed by atoms with Crippen molar-refractivity contribution < 1.29 is 14.6 Å². The number of aromatic hydroxyl groups is 1. The summed E-state index contributed by atoms with van der Waals surface area (Å²) in [6, 6.07) is 10.9. The predicted molar refractivity (Wildman–Crippen MR) is 107 cm³/mol. The lowest BCUT2D eigenvalue weighted by atomic mass is 10.0. The van der Waals surface area contributed by atoms with Crippen molar-refractivity contribution in [1.82, 2.24) is 9.80 Å². The molecule has 1 amide bonds. The van der Waals surface area contributed by atoms with Crippen molar-refractivity contribution in [3.63, 3.8) is 0 Å². The Kier molecular flexibility index (Phi) is 5.92. The zero-order valence-electron chi connectivity index (χ0n) is 15.9. The van der Waals surface area contributed by atoms with Crippen LogP contribution in [0.4, 0.5) is 0 Å². The monoisotopic (exact) mass is 388 g/mol. The topological polar surface area (TPSA) is 53.0 Å². The average Bonchev–Trinajstić information content (AvgIpc) is 2.89. The molecule has 144 valence electrons. The van der Waals surface area contributed by atoms with Gasteiger partial charge in [0, 0.05) is 37.3 Å². The molecular weight excluding hydrogens is 364 g/mol. The number of carbonyl (C=O) groups is 1. The number of rotatable bonds is 4. The first-order valence-electron chi connectivity index (χ1n) is 9.14. The van der Waals surface area contributed by atoms with E-state index < -0.39 is 0 Å². The summed E-state index contributed by atoms with van der Waals surface area (Å²) in [5, 5.41) is 11.1. The van der Waals surface area contributed by atoms with Crippen LogP contribution in [-0.2, 0) is 11.3 Å². The summed E-state index contributed by atoms with van der Waals surface area (Å²) in [6.45, 7) is 6.11. The van der Waals surface area contributed by atoms with Crippen molar-refractivity contribution in [2.75, 3.05) is 26.7 Å². The van der Waals surface area contributed by atoms with Gasteiger partial charge in [0.25, 0.3) is 0 Å². The van der Waals surface area contributed by atoms with Crippen LogP contribution >= 0.6 is 11.6 Å². The molecule has 0 bridgehead atoms. The van der Waals surface area contributed by atoms with Gasteiger partial charge in [-0.2, -0.15) is 0 Å². The first-order chi connectivity index (χ1) is 12.9. The summed E-state index contributed by atoms with van der Waals surface area (Å²) in [5.41, 5.74) is 2.65. The van der Waals surface area contributed by atoms with Gasteiger partial charge in [0.15, 0.2) is 11.5 Å². The molecule has 2 aromatic carbocycles. The van der Waals surface area contributed by atoms with Gasteiger partial charge in [-0.05, 0) is 49.2 Å². The fourth-order valence-electron chi connectivity index (χ4n) is 3.32. The van der Waals surface area contributed by atoms with E-state index in [1.165, 1.54) is 0 Å². The van der Waals surface area contributed by atoms with E-state index in [0.717, 1.165) is 16.7 Å². The third-order valence-corrected chi connectivity index (χ3v) is 5.29. The maximum Gasteiger partial charge on any atom is 0.239 e. The molecule has 1 aliphatic heterocycles. The standard InChI is InChI=1S/C21H25ClN2O3/c1-4-23(3)21(26)14(2)24-8-9-27-20-17(13-24)10-16(12-19(20)25)15-6-5-7-18(22)11-15/h5-7,10-12,14,25H,4,8-9,13H2,1-3H3. The Bertz CT molecular complexity index is 840. The summed E-state index contributed by atoms with van der Waals surface area (Å²) < 4.78 is 5.80. The van der Waals surface area contributed by atoms with Gasteiger partial charge in [-0.3, -0.25) is 9.69 Å². The van der Waals surface area contributed by atoms with Crippen LogP contribution in [0.15, 0.2) is 36.4 Å². The highest BCUT2D eigenvalue weighted by molar-refractivity contribution is 6.30. The molecule has 27 heavy (non-hydrogen) atoms. The maximum absolute atomic E-state index is 12.6. The van der Waals surface area contributed by atoms with Crippen LogP contribution in [0.3, 0.4) is 0 Å². The third-order valence-electron chi connectivity index (χ3n) is 5.06. The van der Waals surface area contributed by atoms with Crippen LogP contribution in [0.25, 0.3) is 11.1 Å². The van der Waals surface area contributed by atoms with E-state index in [9.17, 15) is 9.90 Å². The zero-order valence-corrected chi connectivity index (χ0v) is 16.7. The normalized spacial score (nSPS) is 15.4. The number of nitrogens with zero attached hydrogens (tertiary/aromatic N) is 2. The SMILES string of the molecule is CCN(C)C(=O)C(C)N1CCOc2c(O)cc(-c3cccc(Cl)c3)cc2C1. The lowest BCUT2D eigenvalue weighted by Crippen LogP contribution is -2.46.